The summed E-state index contributed by atoms with van der Waals surface area (Å²) in [6.07, 6.45) is 5.87. The molecule has 1 aliphatic heterocycles. The Labute approximate surface area is 113 Å². The quantitative estimate of drug-likeness (QED) is 0.914. The molecule has 2 heterocycles. The number of aromatic nitrogens is 2. The summed E-state index contributed by atoms with van der Waals surface area (Å²) in [7, 11) is 1.72. The van der Waals surface area contributed by atoms with Crippen LogP contribution in [0.3, 0.4) is 0 Å². The van der Waals surface area contributed by atoms with Crippen molar-refractivity contribution in [2.24, 2.45) is 0 Å². The number of H-pyrrole nitrogens is 1. The molecule has 4 nitrogen and oxygen atoms in total. The first-order chi connectivity index (χ1) is 9.35. The minimum atomic E-state index is 0.901. The average molecular weight is 257 g/mol. The van der Waals surface area contributed by atoms with E-state index in [1.165, 1.54) is 11.1 Å². The number of fused-ring (bicyclic) bond motifs is 1. The van der Waals surface area contributed by atoms with Crippen molar-refractivity contribution in [2.45, 2.75) is 19.4 Å². The highest BCUT2D eigenvalue weighted by molar-refractivity contribution is 5.36. The molecule has 1 aromatic carbocycles. The Kier molecular flexibility index (Phi) is 3.51. The van der Waals surface area contributed by atoms with E-state index in [0.29, 0.717) is 0 Å². The Balaban J connectivity index is 1.70. The first-order valence-corrected chi connectivity index (χ1v) is 6.71. The van der Waals surface area contributed by atoms with Crippen molar-refractivity contribution in [3.63, 3.8) is 0 Å². The van der Waals surface area contributed by atoms with Crippen LogP contribution in [0.25, 0.3) is 0 Å². The van der Waals surface area contributed by atoms with Crippen LogP contribution in [0, 0.1) is 0 Å². The van der Waals surface area contributed by atoms with E-state index in [4.69, 9.17) is 4.74 Å². The maximum absolute atomic E-state index is 5.30. The molecule has 4 heteroatoms. The van der Waals surface area contributed by atoms with Crippen molar-refractivity contribution in [3.05, 3.63) is 47.5 Å². The number of hydrogen-bond donors (Lipinski definition) is 1. The summed E-state index contributed by atoms with van der Waals surface area (Å²) in [4.78, 5) is 9.92. The average Bonchev–Trinajstić information content (AvgIpc) is 2.87. The molecule has 0 saturated carbocycles. The molecular weight excluding hydrogens is 238 g/mol. The van der Waals surface area contributed by atoms with E-state index in [9.17, 15) is 0 Å². The molecule has 0 unspecified atom stereocenters. The topological polar surface area (TPSA) is 41.1 Å². The fourth-order valence-electron chi connectivity index (χ4n) is 2.63. The molecule has 3 rings (SSSR count). The summed E-state index contributed by atoms with van der Waals surface area (Å²) in [6.45, 7) is 3.05. The van der Waals surface area contributed by atoms with E-state index in [1.807, 2.05) is 12.4 Å². The molecule has 0 aliphatic carbocycles. The van der Waals surface area contributed by atoms with Crippen molar-refractivity contribution >= 4 is 0 Å². The van der Waals surface area contributed by atoms with Gasteiger partial charge in [0, 0.05) is 25.5 Å². The molecule has 0 amide bonds. The number of aromatic amines is 1. The summed E-state index contributed by atoms with van der Waals surface area (Å²) in [5.74, 6) is 2.00. The minimum Gasteiger partial charge on any atom is -0.497 e. The molecular formula is C15H19N3O. The summed E-state index contributed by atoms with van der Waals surface area (Å²) in [6, 6.07) is 6.43. The third kappa shape index (κ3) is 2.79. The van der Waals surface area contributed by atoms with Crippen molar-refractivity contribution in [3.8, 4) is 5.75 Å². The molecule has 19 heavy (non-hydrogen) atoms. The zero-order chi connectivity index (χ0) is 13.1. The summed E-state index contributed by atoms with van der Waals surface area (Å²) < 4.78 is 5.30. The second-order valence-electron chi connectivity index (χ2n) is 4.95. The van der Waals surface area contributed by atoms with Gasteiger partial charge in [-0.05, 0) is 36.1 Å². The number of rotatable bonds is 3. The molecule has 0 radical (unpaired) electrons. The largest absolute Gasteiger partial charge is 0.497 e. The number of nitrogens with one attached hydrogen (secondary N) is 1. The monoisotopic (exact) mass is 257 g/mol. The minimum absolute atomic E-state index is 0.901. The van der Waals surface area contributed by atoms with Crippen LogP contribution in [-0.4, -0.2) is 35.1 Å². The fraction of sp³-hybridized carbons (Fsp3) is 0.400. The van der Waals surface area contributed by atoms with Gasteiger partial charge < -0.3 is 9.72 Å². The molecule has 0 fully saturated rings. The number of hydrogen-bond acceptors (Lipinski definition) is 3. The fourth-order valence-corrected chi connectivity index (χ4v) is 2.63. The lowest BCUT2D eigenvalue weighted by molar-refractivity contribution is 0.273. The van der Waals surface area contributed by atoms with Gasteiger partial charge in [0.25, 0.3) is 0 Å². The Morgan fingerprint density at radius 2 is 2.11 bits per heavy atom. The maximum Gasteiger partial charge on any atom is 0.120 e. The van der Waals surface area contributed by atoms with Crippen LogP contribution in [0.4, 0.5) is 0 Å². The lowest BCUT2D eigenvalue weighted by atomic mass is 10.0. The highest BCUT2D eigenvalue weighted by atomic mass is 16.5. The normalized spacial score (nSPS) is 15.8. The van der Waals surface area contributed by atoms with Gasteiger partial charge >= 0.3 is 0 Å². The first kappa shape index (κ1) is 12.2. The van der Waals surface area contributed by atoms with Gasteiger partial charge in [0.1, 0.15) is 11.6 Å². The van der Waals surface area contributed by atoms with Crippen molar-refractivity contribution in [1.82, 2.24) is 14.9 Å². The standard InChI is InChI=1S/C15H19N3O/c1-19-14-3-2-12-4-8-18(9-5-13(12)10-14)11-15-16-6-7-17-15/h2-3,6-7,10H,4-5,8-9,11H2,1H3,(H,16,17). The van der Waals surface area contributed by atoms with Crippen LogP contribution in [0.1, 0.15) is 17.0 Å². The molecule has 1 aromatic heterocycles. The molecule has 100 valence electrons. The van der Waals surface area contributed by atoms with E-state index in [0.717, 1.165) is 44.0 Å². The second kappa shape index (κ2) is 5.45. The summed E-state index contributed by atoms with van der Waals surface area (Å²) in [5, 5.41) is 0. The zero-order valence-electron chi connectivity index (χ0n) is 11.2. The highest BCUT2D eigenvalue weighted by Gasteiger charge is 2.15. The van der Waals surface area contributed by atoms with Crippen molar-refractivity contribution < 1.29 is 4.74 Å². The summed E-state index contributed by atoms with van der Waals surface area (Å²) in [5.41, 5.74) is 2.86. The van der Waals surface area contributed by atoms with Crippen LogP contribution >= 0.6 is 0 Å². The number of imidazole rings is 1. The lowest BCUT2D eigenvalue weighted by Crippen LogP contribution is -2.26. The lowest BCUT2D eigenvalue weighted by Gasteiger charge is -2.17. The Morgan fingerprint density at radius 3 is 2.84 bits per heavy atom. The smallest absolute Gasteiger partial charge is 0.120 e. The predicted molar refractivity (Wildman–Crippen MR) is 74.3 cm³/mol. The van der Waals surface area contributed by atoms with E-state index < -0.39 is 0 Å². The molecule has 2 aromatic rings. The third-order valence-electron chi connectivity index (χ3n) is 3.74. The van der Waals surface area contributed by atoms with Crippen molar-refractivity contribution in [2.75, 3.05) is 20.2 Å². The molecule has 1 aliphatic rings. The van der Waals surface area contributed by atoms with Gasteiger partial charge in [0.15, 0.2) is 0 Å². The SMILES string of the molecule is COc1ccc2c(c1)CCN(Cc1ncc[nH]1)CC2. The number of ether oxygens (including phenoxy) is 1. The van der Waals surface area contributed by atoms with Crippen LogP contribution in [0.15, 0.2) is 30.6 Å². The van der Waals surface area contributed by atoms with Crippen LogP contribution in [-0.2, 0) is 19.4 Å². The molecule has 0 bridgehead atoms. The van der Waals surface area contributed by atoms with Gasteiger partial charge in [0.05, 0.1) is 13.7 Å². The predicted octanol–water partition coefficient (Wildman–Crippen LogP) is 2.02. The maximum atomic E-state index is 5.30. The van der Waals surface area contributed by atoms with E-state index >= 15 is 0 Å². The highest BCUT2D eigenvalue weighted by Crippen LogP contribution is 2.22. The molecule has 0 atom stereocenters. The van der Waals surface area contributed by atoms with Crippen LogP contribution in [0.5, 0.6) is 5.75 Å². The van der Waals surface area contributed by atoms with Gasteiger partial charge in [-0.2, -0.15) is 0 Å². The first-order valence-electron chi connectivity index (χ1n) is 6.71. The van der Waals surface area contributed by atoms with Gasteiger partial charge in [-0.1, -0.05) is 6.07 Å². The van der Waals surface area contributed by atoms with Gasteiger partial charge in [-0.25, -0.2) is 4.98 Å². The third-order valence-corrected chi connectivity index (χ3v) is 3.74. The number of methoxy groups -OCH3 is 1. The number of nitrogens with zero attached hydrogens (tertiary/aromatic N) is 2. The van der Waals surface area contributed by atoms with Crippen molar-refractivity contribution in [1.29, 1.82) is 0 Å². The van der Waals surface area contributed by atoms with E-state index in [-0.39, 0.29) is 0 Å². The van der Waals surface area contributed by atoms with E-state index in [2.05, 4.69) is 33.1 Å². The molecule has 0 spiro atoms. The van der Waals surface area contributed by atoms with Gasteiger partial charge in [-0.3, -0.25) is 4.90 Å². The Morgan fingerprint density at radius 1 is 1.26 bits per heavy atom. The Bertz CT molecular complexity index is 536. The zero-order valence-corrected chi connectivity index (χ0v) is 11.2. The van der Waals surface area contributed by atoms with Crippen LogP contribution < -0.4 is 4.74 Å². The van der Waals surface area contributed by atoms with Crippen LogP contribution in [0.2, 0.25) is 0 Å². The van der Waals surface area contributed by atoms with E-state index in [1.54, 1.807) is 7.11 Å². The van der Waals surface area contributed by atoms with Gasteiger partial charge in [0.2, 0.25) is 0 Å². The Hall–Kier alpha value is -1.81. The molecule has 1 N–H and O–H groups in total. The van der Waals surface area contributed by atoms with Gasteiger partial charge in [-0.15, -0.1) is 0 Å². The molecule has 0 saturated heterocycles. The second-order valence-corrected chi connectivity index (χ2v) is 4.95. The summed E-state index contributed by atoms with van der Waals surface area (Å²) >= 11 is 0. The number of benzene rings is 1.